The standard InChI is InChI=1S/C58H42N2Si/c1-5-22-46(23-6-1)60-56-33-16-15-31-55(56)58-54(32-18-34-57(58)60)45-21-17-24-48(42-45)59(49-36-35-43-19-13-14-20-44(43)41-49)47-37-39-53(40-38-47)61(50-25-7-2-8-26-50,51-27-9-3-10-28-51)52-29-11-4-12-30-52/h1-42H. The summed E-state index contributed by atoms with van der Waals surface area (Å²) in [6, 6.07) is 93.6. The van der Waals surface area contributed by atoms with Gasteiger partial charge in [-0.05, 0) is 103 Å². The van der Waals surface area contributed by atoms with Crippen molar-refractivity contribution in [1.82, 2.24) is 4.57 Å². The highest BCUT2D eigenvalue weighted by atomic mass is 28.3. The van der Waals surface area contributed by atoms with Crippen LogP contribution in [0.3, 0.4) is 0 Å². The SMILES string of the molecule is c1ccc(-n2c3ccccc3c3c(-c4cccc(N(c5ccc([Si](c6ccccc6)(c6ccccc6)c6ccccc6)cc5)c5ccc6ccccc6c5)c4)cccc32)cc1. The van der Waals surface area contributed by atoms with Gasteiger partial charge in [-0.15, -0.1) is 0 Å². The summed E-state index contributed by atoms with van der Waals surface area (Å²) >= 11 is 0. The van der Waals surface area contributed by atoms with Gasteiger partial charge in [0, 0.05) is 33.5 Å². The smallest absolute Gasteiger partial charge is 0.179 e. The van der Waals surface area contributed by atoms with Gasteiger partial charge in [-0.3, -0.25) is 0 Å². The van der Waals surface area contributed by atoms with E-state index in [1.165, 1.54) is 64.5 Å². The number of nitrogens with zero attached hydrogens (tertiary/aromatic N) is 2. The molecule has 11 aromatic rings. The van der Waals surface area contributed by atoms with Crippen molar-refractivity contribution in [1.29, 1.82) is 0 Å². The van der Waals surface area contributed by atoms with Crippen molar-refractivity contribution in [2.45, 2.75) is 0 Å². The second-order valence-corrected chi connectivity index (χ2v) is 19.5. The average Bonchev–Trinajstić information content (AvgIpc) is 3.68. The predicted molar refractivity (Wildman–Crippen MR) is 262 cm³/mol. The van der Waals surface area contributed by atoms with Crippen LogP contribution in [0.5, 0.6) is 0 Å². The quantitative estimate of drug-likeness (QED) is 0.104. The first-order valence-corrected chi connectivity index (χ1v) is 23.0. The fraction of sp³-hybridized carbons (Fsp3) is 0. The molecule has 0 aliphatic heterocycles. The zero-order valence-corrected chi connectivity index (χ0v) is 34.6. The van der Waals surface area contributed by atoms with E-state index in [4.69, 9.17) is 0 Å². The van der Waals surface area contributed by atoms with Gasteiger partial charge in [0.1, 0.15) is 0 Å². The summed E-state index contributed by atoms with van der Waals surface area (Å²) in [5.74, 6) is 0. The van der Waals surface area contributed by atoms with E-state index in [-0.39, 0.29) is 0 Å². The molecule has 0 saturated carbocycles. The Labute approximate surface area is 357 Å². The second-order valence-electron chi connectivity index (χ2n) is 15.7. The van der Waals surface area contributed by atoms with Crippen LogP contribution in [0.2, 0.25) is 0 Å². The average molecular weight is 795 g/mol. The molecular formula is C58H42N2Si. The molecule has 0 amide bonds. The molecule has 0 N–H and O–H groups in total. The first-order valence-electron chi connectivity index (χ1n) is 21.0. The van der Waals surface area contributed by atoms with E-state index in [1.807, 2.05) is 0 Å². The maximum Gasteiger partial charge on any atom is 0.179 e. The van der Waals surface area contributed by atoms with Gasteiger partial charge in [-0.1, -0.05) is 194 Å². The zero-order valence-electron chi connectivity index (χ0n) is 33.6. The Morgan fingerprint density at radius 3 is 1.51 bits per heavy atom. The molecule has 0 aliphatic rings. The van der Waals surface area contributed by atoms with E-state index >= 15 is 0 Å². The van der Waals surface area contributed by atoms with E-state index in [2.05, 4.69) is 264 Å². The van der Waals surface area contributed by atoms with Gasteiger partial charge in [-0.25, -0.2) is 0 Å². The molecule has 0 saturated heterocycles. The molecule has 2 nitrogen and oxygen atoms in total. The van der Waals surface area contributed by atoms with Crippen molar-refractivity contribution in [3.05, 3.63) is 255 Å². The molecule has 1 heterocycles. The largest absolute Gasteiger partial charge is 0.310 e. The lowest BCUT2D eigenvalue weighted by molar-refractivity contribution is 1.18. The van der Waals surface area contributed by atoms with Crippen molar-refractivity contribution in [2.24, 2.45) is 0 Å². The van der Waals surface area contributed by atoms with Gasteiger partial charge in [0.25, 0.3) is 0 Å². The topological polar surface area (TPSA) is 8.17 Å². The summed E-state index contributed by atoms with van der Waals surface area (Å²) in [5.41, 5.74) is 9.25. The Morgan fingerprint density at radius 2 is 0.836 bits per heavy atom. The van der Waals surface area contributed by atoms with Crippen LogP contribution in [0.15, 0.2) is 255 Å². The first-order chi connectivity index (χ1) is 30.3. The molecule has 0 atom stereocenters. The lowest BCUT2D eigenvalue weighted by Crippen LogP contribution is -2.74. The predicted octanol–water partition coefficient (Wildman–Crippen LogP) is 12.5. The monoisotopic (exact) mass is 794 g/mol. The minimum Gasteiger partial charge on any atom is -0.310 e. The molecule has 10 aromatic carbocycles. The molecular weight excluding hydrogens is 753 g/mol. The summed E-state index contributed by atoms with van der Waals surface area (Å²) in [4.78, 5) is 2.42. The number of anilines is 3. The highest BCUT2D eigenvalue weighted by Crippen LogP contribution is 2.42. The molecule has 0 unspecified atom stereocenters. The minimum absolute atomic E-state index is 1.10. The summed E-state index contributed by atoms with van der Waals surface area (Å²) < 4.78 is 2.39. The van der Waals surface area contributed by atoms with Gasteiger partial charge in [0.05, 0.1) is 11.0 Å². The fourth-order valence-electron chi connectivity index (χ4n) is 9.62. The Balaban J connectivity index is 1.10. The van der Waals surface area contributed by atoms with E-state index in [0.29, 0.717) is 0 Å². The second kappa shape index (κ2) is 15.5. The molecule has 61 heavy (non-hydrogen) atoms. The Bertz CT molecular complexity index is 3190. The van der Waals surface area contributed by atoms with Crippen LogP contribution in [-0.4, -0.2) is 12.6 Å². The van der Waals surface area contributed by atoms with Gasteiger partial charge in [-0.2, -0.15) is 0 Å². The van der Waals surface area contributed by atoms with Gasteiger partial charge < -0.3 is 9.47 Å². The summed E-state index contributed by atoms with van der Waals surface area (Å²) in [6.07, 6.45) is 0. The van der Waals surface area contributed by atoms with E-state index in [1.54, 1.807) is 0 Å². The normalized spacial score (nSPS) is 11.6. The van der Waals surface area contributed by atoms with Crippen molar-refractivity contribution >= 4 is 78.5 Å². The highest BCUT2D eigenvalue weighted by molar-refractivity contribution is 7.19. The number of para-hydroxylation sites is 2. The number of benzene rings is 10. The van der Waals surface area contributed by atoms with Gasteiger partial charge >= 0.3 is 0 Å². The van der Waals surface area contributed by atoms with Crippen molar-refractivity contribution < 1.29 is 0 Å². The third-order valence-corrected chi connectivity index (χ3v) is 17.1. The minimum atomic E-state index is -2.70. The molecule has 0 radical (unpaired) electrons. The molecule has 288 valence electrons. The molecule has 0 bridgehead atoms. The highest BCUT2D eigenvalue weighted by Gasteiger charge is 2.41. The lowest BCUT2D eigenvalue weighted by Gasteiger charge is -2.35. The summed E-state index contributed by atoms with van der Waals surface area (Å²) in [7, 11) is -2.70. The van der Waals surface area contributed by atoms with Crippen LogP contribution in [0, 0.1) is 0 Å². The van der Waals surface area contributed by atoms with Crippen LogP contribution in [-0.2, 0) is 0 Å². The maximum absolute atomic E-state index is 2.70. The number of fused-ring (bicyclic) bond motifs is 4. The van der Waals surface area contributed by atoms with Gasteiger partial charge in [0.2, 0.25) is 0 Å². The van der Waals surface area contributed by atoms with Gasteiger partial charge in [0.15, 0.2) is 8.07 Å². The number of hydrogen-bond donors (Lipinski definition) is 0. The van der Waals surface area contributed by atoms with E-state index in [9.17, 15) is 0 Å². The number of hydrogen-bond acceptors (Lipinski definition) is 1. The Morgan fingerprint density at radius 1 is 0.328 bits per heavy atom. The van der Waals surface area contributed by atoms with E-state index < -0.39 is 8.07 Å². The number of aromatic nitrogens is 1. The van der Waals surface area contributed by atoms with Crippen molar-refractivity contribution in [3.63, 3.8) is 0 Å². The van der Waals surface area contributed by atoms with Crippen LogP contribution < -0.4 is 25.6 Å². The Hall–Kier alpha value is -7.72. The lowest BCUT2D eigenvalue weighted by atomic mass is 9.98. The van der Waals surface area contributed by atoms with Crippen LogP contribution in [0.1, 0.15) is 0 Å². The van der Waals surface area contributed by atoms with Crippen LogP contribution in [0.25, 0.3) is 49.4 Å². The van der Waals surface area contributed by atoms with Crippen LogP contribution >= 0.6 is 0 Å². The summed E-state index contributed by atoms with van der Waals surface area (Å²) in [5, 5.41) is 10.4. The number of rotatable bonds is 9. The summed E-state index contributed by atoms with van der Waals surface area (Å²) in [6.45, 7) is 0. The maximum atomic E-state index is 2.42. The van der Waals surface area contributed by atoms with Crippen molar-refractivity contribution in [2.75, 3.05) is 4.90 Å². The molecule has 1 aromatic heterocycles. The fourth-order valence-corrected chi connectivity index (χ4v) is 14.4. The Kier molecular flexibility index (Phi) is 9.22. The van der Waals surface area contributed by atoms with Crippen molar-refractivity contribution in [3.8, 4) is 16.8 Å². The first kappa shape index (κ1) is 36.4. The van der Waals surface area contributed by atoms with E-state index in [0.717, 1.165) is 22.7 Å². The molecule has 0 aliphatic carbocycles. The third kappa shape index (κ3) is 6.26. The zero-order chi connectivity index (χ0) is 40.6. The molecule has 3 heteroatoms. The van der Waals surface area contributed by atoms with Crippen LogP contribution in [0.4, 0.5) is 17.1 Å². The molecule has 0 fully saturated rings. The molecule has 11 rings (SSSR count). The third-order valence-electron chi connectivity index (χ3n) is 12.3. The molecule has 0 spiro atoms.